The van der Waals surface area contributed by atoms with Crippen molar-refractivity contribution in [2.24, 2.45) is 0 Å². The summed E-state index contributed by atoms with van der Waals surface area (Å²) >= 11 is 3.46. The molecule has 1 aliphatic heterocycles. The monoisotopic (exact) mass is 473 g/mol. The van der Waals surface area contributed by atoms with Gasteiger partial charge >= 0.3 is 0 Å². The summed E-state index contributed by atoms with van der Waals surface area (Å²) in [6.45, 7) is 12.0. The van der Waals surface area contributed by atoms with Crippen molar-refractivity contribution in [1.29, 1.82) is 0 Å². The van der Waals surface area contributed by atoms with Gasteiger partial charge < -0.3 is 13.7 Å². The van der Waals surface area contributed by atoms with E-state index < -0.39 is 0 Å². The van der Waals surface area contributed by atoms with E-state index in [1.165, 1.54) is 0 Å². The molecule has 1 amide bonds. The number of carbonyl (C=O) groups excluding carboxylic acids is 1. The predicted molar refractivity (Wildman–Crippen MR) is 120 cm³/mol. The normalized spacial score (nSPS) is 16.2. The maximum atomic E-state index is 13.2. The molecule has 30 heavy (non-hydrogen) atoms. The molecule has 7 heteroatoms. The van der Waals surface area contributed by atoms with Gasteiger partial charge in [0.15, 0.2) is 5.76 Å². The summed E-state index contributed by atoms with van der Waals surface area (Å²) in [4.78, 5) is 21.8. The van der Waals surface area contributed by atoms with Crippen LogP contribution in [-0.4, -0.2) is 46.9 Å². The number of furan rings is 1. The van der Waals surface area contributed by atoms with Gasteiger partial charge in [0, 0.05) is 47.0 Å². The Hall–Kier alpha value is -2.12. The number of aromatic nitrogens is 1. The molecule has 0 bridgehead atoms. The summed E-state index contributed by atoms with van der Waals surface area (Å²) in [5.74, 6) is 2.04. The summed E-state index contributed by atoms with van der Waals surface area (Å²) < 4.78 is 12.8. The molecule has 0 N–H and O–H groups in total. The van der Waals surface area contributed by atoms with Gasteiger partial charge in [0.25, 0.3) is 5.91 Å². The van der Waals surface area contributed by atoms with Gasteiger partial charge in [-0.3, -0.25) is 9.69 Å². The Labute approximate surface area is 185 Å². The molecule has 3 aromatic rings. The second kappa shape index (κ2) is 8.19. The second-order valence-corrected chi connectivity index (χ2v) is 9.90. The van der Waals surface area contributed by atoms with Crippen LogP contribution in [0.1, 0.15) is 55.0 Å². The van der Waals surface area contributed by atoms with Crippen molar-refractivity contribution in [2.75, 3.05) is 26.2 Å². The van der Waals surface area contributed by atoms with Crippen molar-refractivity contribution in [2.45, 2.75) is 46.1 Å². The number of aryl methyl sites for hydroxylation is 1. The molecule has 0 aliphatic carbocycles. The zero-order valence-electron chi connectivity index (χ0n) is 18.0. The first-order valence-electron chi connectivity index (χ1n) is 10.4. The van der Waals surface area contributed by atoms with Crippen LogP contribution in [0.15, 0.2) is 37.7 Å². The fraction of sp³-hybridized carbons (Fsp3) is 0.478. The molecule has 0 spiro atoms. The molecule has 0 unspecified atom stereocenters. The maximum absolute atomic E-state index is 13.2. The van der Waals surface area contributed by atoms with E-state index in [0.717, 1.165) is 52.2 Å². The minimum Gasteiger partial charge on any atom is -0.451 e. The molecule has 3 heterocycles. The summed E-state index contributed by atoms with van der Waals surface area (Å²) in [7, 11) is 0. The molecule has 0 atom stereocenters. The van der Waals surface area contributed by atoms with Gasteiger partial charge in [-0.2, -0.15) is 0 Å². The SMILES string of the molecule is Cc1c(C(=O)N2CCCN(Cc3ncc(C(C)(C)C)o3)CC2)oc2cc(Br)ccc12. The van der Waals surface area contributed by atoms with E-state index in [1.54, 1.807) is 0 Å². The molecule has 4 rings (SSSR count). The zero-order valence-corrected chi connectivity index (χ0v) is 19.6. The van der Waals surface area contributed by atoms with Gasteiger partial charge in [-0.1, -0.05) is 36.7 Å². The maximum Gasteiger partial charge on any atom is 0.289 e. The number of nitrogens with zero attached hydrogens (tertiary/aromatic N) is 3. The molecule has 0 saturated carbocycles. The van der Waals surface area contributed by atoms with Crippen molar-refractivity contribution in [3.8, 4) is 0 Å². The lowest BCUT2D eigenvalue weighted by molar-refractivity contribution is 0.0730. The number of fused-ring (bicyclic) bond motifs is 1. The third-order valence-electron chi connectivity index (χ3n) is 5.62. The Morgan fingerprint density at radius 2 is 1.97 bits per heavy atom. The van der Waals surface area contributed by atoms with E-state index in [4.69, 9.17) is 8.83 Å². The Bertz CT molecular complexity index is 1060. The lowest BCUT2D eigenvalue weighted by Crippen LogP contribution is -2.35. The molecule has 160 valence electrons. The first kappa shape index (κ1) is 21.1. The standard InChI is InChI=1S/C23H28BrN3O3/c1-15-17-7-6-16(24)12-18(17)29-21(15)22(28)27-9-5-8-26(10-11-27)14-20-25-13-19(30-20)23(2,3)4/h6-7,12-13H,5,8-11,14H2,1-4H3. The van der Waals surface area contributed by atoms with Crippen LogP contribution in [0.2, 0.25) is 0 Å². The molecule has 1 aliphatic rings. The molecule has 6 nitrogen and oxygen atoms in total. The van der Waals surface area contributed by atoms with Crippen LogP contribution in [0.4, 0.5) is 0 Å². The first-order chi connectivity index (χ1) is 14.2. The van der Waals surface area contributed by atoms with E-state index in [2.05, 4.69) is 46.6 Å². The van der Waals surface area contributed by atoms with E-state index in [9.17, 15) is 4.79 Å². The van der Waals surface area contributed by atoms with Gasteiger partial charge in [0.2, 0.25) is 5.89 Å². The van der Waals surface area contributed by atoms with Gasteiger partial charge in [0.1, 0.15) is 11.3 Å². The van der Waals surface area contributed by atoms with E-state index in [0.29, 0.717) is 25.4 Å². The van der Waals surface area contributed by atoms with Crippen molar-refractivity contribution < 1.29 is 13.6 Å². The summed E-state index contributed by atoms with van der Waals surface area (Å²) in [5.41, 5.74) is 1.59. The average molecular weight is 474 g/mol. The molecule has 1 aromatic carbocycles. The van der Waals surface area contributed by atoms with Crippen molar-refractivity contribution in [3.63, 3.8) is 0 Å². The minimum absolute atomic E-state index is 0.0344. The number of oxazole rings is 1. The second-order valence-electron chi connectivity index (χ2n) is 8.99. The molecule has 1 saturated heterocycles. The van der Waals surface area contributed by atoms with Crippen LogP contribution in [0.5, 0.6) is 0 Å². The Kier molecular flexibility index (Phi) is 5.77. The molecule has 2 aromatic heterocycles. The van der Waals surface area contributed by atoms with Crippen molar-refractivity contribution in [3.05, 3.63) is 51.8 Å². The fourth-order valence-electron chi connectivity index (χ4n) is 3.80. The smallest absolute Gasteiger partial charge is 0.289 e. The Balaban J connectivity index is 1.43. The van der Waals surface area contributed by atoms with Crippen LogP contribution in [0, 0.1) is 6.92 Å². The molecule has 1 fully saturated rings. The minimum atomic E-state index is -0.0483. The zero-order chi connectivity index (χ0) is 21.5. The van der Waals surface area contributed by atoms with Crippen LogP contribution in [0.3, 0.4) is 0 Å². The lowest BCUT2D eigenvalue weighted by atomic mass is 9.94. The summed E-state index contributed by atoms with van der Waals surface area (Å²) in [5, 5.41) is 0.983. The van der Waals surface area contributed by atoms with Crippen molar-refractivity contribution >= 4 is 32.8 Å². The highest BCUT2D eigenvalue weighted by Crippen LogP contribution is 2.29. The highest BCUT2D eigenvalue weighted by molar-refractivity contribution is 9.10. The van der Waals surface area contributed by atoms with Gasteiger partial charge in [-0.15, -0.1) is 0 Å². The number of hydrogen-bond donors (Lipinski definition) is 0. The van der Waals surface area contributed by atoms with E-state index >= 15 is 0 Å². The van der Waals surface area contributed by atoms with E-state index in [1.807, 2.05) is 36.2 Å². The largest absolute Gasteiger partial charge is 0.451 e. The highest BCUT2D eigenvalue weighted by Gasteiger charge is 2.26. The third kappa shape index (κ3) is 4.32. The highest BCUT2D eigenvalue weighted by atomic mass is 79.9. The van der Waals surface area contributed by atoms with Gasteiger partial charge in [0.05, 0.1) is 12.7 Å². The number of halogens is 1. The molecular formula is C23H28BrN3O3. The number of carbonyl (C=O) groups is 1. The first-order valence-corrected chi connectivity index (χ1v) is 11.2. The number of hydrogen-bond acceptors (Lipinski definition) is 5. The molecule has 0 radical (unpaired) electrons. The van der Waals surface area contributed by atoms with E-state index in [-0.39, 0.29) is 11.3 Å². The lowest BCUT2D eigenvalue weighted by Gasteiger charge is -2.20. The number of amides is 1. The van der Waals surface area contributed by atoms with Gasteiger partial charge in [-0.25, -0.2) is 4.98 Å². The van der Waals surface area contributed by atoms with Crippen molar-refractivity contribution in [1.82, 2.24) is 14.8 Å². The quantitative estimate of drug-likeness (QED) is 0.526. The number of benzene rings is 1. The Morgan fingerprint density at radius 1 is 1.17 bits per heavy atom. The molecular weight excluding hydrogens is 446 g/mol. The van der Waals surface area contributed by atoms with Crippen LogP contribution >= 0.6 is 15.9 Å². The van der Waals surface area contributed by atoms with Crippen LogP contribution < -0.4 is 0 Å². The third-order valence-corrected chi connectivity index (χ3v) is 6.12. The van der Waals surface area contributed by atoms with Gasteiger partial charge in [-0.05, 0) is 31.5 Å². The van der Waals surface area contributed by atoms with Crippen LogP contribution in [0.25, 0.3) is 11.0 Å². The fourth-order valence-corrected chi connectivity index (χ4v) is 4.14. The Morgan fingerprint density at radius 3 is 2.70 bits per heavy atom. The average Bonchev–Trinajstić information content (AvgIpc) is 3.20. The predicted octanol–water partition coefficient (Wildman–Crippen LogP) is 5.14. The topological polar surface area (TPSA) is 62.7 Å². The summed E-state index contributed by atoms with van der Waals surface area (Å²) in [6, 6.07) is 5.86. The van der Waals surface area contributed by atoms with Crippen LogP contribution in [-0.2, 0) is 12.0 Å². The number of rotatable bonds is 3. The summed E-state index contributed by atoms with van der Waals surface area (Å²) in [6.07, 6.45) is 2.73.